The van der Waals surface area contributed by atoms with Crippen LogP contribution < -0.4 is 10.1 Å². The number of rotatable bonds is 7. The summed E-state index contributed by atoms with van der Waals surface area (Å²) in [5, 5.41) is 12.5. The molecule has 0 radical (unpaired) electrons. The minimum absolute atomic E-state index is 0.0301. The molecule has 0 heterocycles. The van der Waals surface area contributed by atoms with Crippen LogP contribution in [0.5, 0.6) is 5.75 Å². The van der Waals surface area contributed by atoms with Gasteiger partial charge < -0.3 is 19.9 Å². The number of hydrogen-bond acceptors (Lipinski definition) is 4. The van der Waals surface area contributed by atoms with E-state index in [4.69, 9.17) is 9.47 Å². The van der Waals surface area contributed by atoms with Crippen LogP contribution in [-0.4, -0.2) is 41.3 Å². The number of aliphatic carboxylic acids is 1. The van der Waals surface area contributed by atoms with Crippen LogP contribution in [0.3, 0.4) is 0 Å². The highest BCUT2D eigenvalue weighted by Gasteiger charge is 2.66. The van der Waals surface area contributed by atoms with Gasteiger partial charge in [-0.05, 0) is 37.0 Å². The van der Waals surface area contributed by atoms with Gasteiger partial charge in [-0.3, -0.25) is 4.79 Å². The lowest BCUT2D eigenvalue weighted by atomic mass is 9.54. The molecule has 3 unspecified atom stereocenters. The van der Waals surface area contributed by atoms with Crippen LogP contribution in [0.2, 0.25) is 0 Å². The summed E-state index contributed by atoms with van der Waals surface area (Å²) in [6.45, 7) is 14.0. The van der Waals surface area contributed by atoms with E-state index in [0.29, 0.717) is 12.4 Å². The number of benzene rings is 1. The highest BCUT2D eigenvalue weighted by atomic mass is 16.5. The maximum atomic E-state index is 12.7. The molecule has 0 aliphatic heterocycles. The zero-order valence-corrected chi connectivity index (χ0v) is 18.0. The second-order valence-electron chi connectivity index (χ2n) is 9.10. The third-order valence-electron chi connectivity index (χ3n) is 5.87. The number of ether oxygens (including phenoxy) is 2. The van der Waals surface area contributed by atoms with E-state index in [2.05, 4.69) is 26.1 Å². The van der Waals surface area contributed by atoms with E-state index in [0.717, 1.165) is 0 Å². The van der Waals surface area contributed by atoms with E-state index in [-0.39, 0.29) is 17.9 Å². The summed E-state index contributed by atoms with van der Waals surface area (Å²) in [4.78, 5) is 24.7. The van der Waals surface area contributed by atoms with Crippen LogP contribution in [0.25, 0.3) is 0 Å². The predicted molar refractivity (Wildman–Crippen MR) is 108 cm³/mol. The second-order valence-corrected chi connectivity index (χ2v) is 9.10. The van der Waals surface area contributed by atoms with Gasteiger partial charge in [0.25, 0.3) is 5.91 Å². The summed E-state index contributed by atoms with van der Waals surface area (Å²) in [5.41, 5.74) is -0.890. The average molecular weight is 392 g/mol. The van der Waals surface area contributed by atoms with Gasteiger partial charge in [0.1, 0.15) is 11.3 Å². The smallest absolute Gasteiger partial charge is 0.330 e. The van der Waals surface area contributed by atoms with E-state index in [1.165, 1.54) is 5.56 Å². The maximum Gasteiger partial charge on any atom is 0.330 e. The number of carbonyl (C=O) groups is 2. The molecule has 1 amide bonds. The number of carboxylic acid groups (broad SMARTS) is 1. The summed E-state index contributed by atoms with van der Waals surface area (Å²) in [6.07, 6.45) is -0.796. The van der Waals surface area contributed by atoms with Crippen LogP contribution in [-0.2, 0) is 19.7 Å². The Labute approximate surface area is 167 Å². The molecule has 0 bridgehead atoms. The van der Waals surface area contributed by atoms with Gasteiger partial charge in [0.15, 0.2) is 6.10 Å². The Kier molecular flexibility index (Phi) is 6.14. The van der Waals surface area contributed by atoms with Crippen molar-refractivity contribution in [1.82, 2.24) is 5.32 Å². The minimum atomic E-state index is -1.36. The number of amides is 1. The van der Waals surface area contributed by atoms with Gasteiger partial charge in [-0.1, -0.05) is 46.8 Å². The summed E-state index contributed by atoms with van der Waals surface area (Å²) in [5.74, 6) is -0.936. The van der Waals surface area contributed by atoms with E-state index in [9.17, 15) is 14.7 Å². The Morgan fingerprint density at radius 2 is 1.82 bits per heavy atom. The molecule has 0 saturated heterocycles. The van der Waals surface area contributed by atoms with Gasteiger partial charge in [0, 0.05) is 18.4 Å². The zero-order valence-electron chi connectivity index (χ0n) is 18.0. The molecular formula is C22H33NO5. The average Bonchev–Trinajstić information content (AvgIpc) is 2.59. The molecule has 3 atom stereocenters. The first-order valence-corrected chi connectivity index (χ1v) is 9.79. The first kappa shape index (κ1) is 22.2. The van der Waals surface area contributed by atoms with Crippen molar-refractivity contribution >= 4 is 11.9 Å². The molecule has 2 rings (SSSR count). The summed E-state index contributed by atoms with van der Waals surface area (Å²) >= 11 is 0. The molecular weight excluding hydrogens is 358 g/mol. The molecule has 0 spiro atoms. The molecule has 6 heteroatoms. The molecule has 1 aliphatic rings. The van der Waals surface area contributed by atoms with Crippen molar-refractivity contribution in [2.75, 3.05) is 6.61 Å². The fourth-order valence-corrected chi connectivity index (χ4v) is 3.64. The summed E-state index contributed by atoms with van der Waals surface area (Å²) < 4.78 is 11.4. The second kappa shape index (κ2) is 7.74. The van der Waals surface area contributed by atoms with Crippen LogP contribution in [0.4, 0.5) is 0 Å². The van der Waals surface area contributed by atoms with Gasteiger partial charge in [0.05, 0.1) is 6.10 Å². The minimum Gasteiger partial charge on any atom is -0.481 e. The first-order chi connectivity index (χ1) is 12.8. The molecule has 2 N–H and O–H groups in total. The topological polar surface area (TPSA) is 84.9 Å². The fourth-order valence-electron chi connectivity index (χ4n) is 3.64. The Balaban J connectivity index is 2.07. The van der Waals surface area contributed by atoms with Gasteiger partial charge in [-0.2, -0.15) is 0 Å². The van der Waals surface area contributed by atoms with Crippen molar-refractivity contribution in [2.24, 2.45) is 5.41 Å². The lowest BCUT2D eigenvalue weighted by Gasteiger charge is -2.58. The number of carbonyl (C=O) groups excluding carboxylic acids is 1. The summed E-state index contributed by atoms with van der Waals surface area (Å²) in [6, 6.07) is 7.60. The molecule has 6 nitrogen and oxygen atoms in total. The lowest BCUT2D eigenvalue weighted by molar-refractivity contribution is -0.195. The number of nitrogens with one attached hydrogen (secondary N) is 1. The molecule has 28 heavy (non-hydrogen) atoms. The number of hydrogen-bond donors (Lipinski definition) is 2. The highest BCUT2D eigenvalue weighted by molar-refractivity contribution is 5.91. The fraction of sp³-hybridized carbons (Fsp3) is 0.636. The summed E-state index contributed by atoms with van der Waals surface area (Å²) in [7, 11) is 0. The molecule has 0 aromatic heterocycles. The van der Waals surface area contributed by atoms with Gasteiger partial charge >= 0.3 is 5.97 Å². The molecule has 1 aliphatic carbocycles. The van der Waals surface area contributed by atoms with Crippen LogP contribution >= 0.6 is 0 Å². The van der Waals surface area contributed by atoms with E-state index < -0.39 is 28.9 Å². The Morgan fingerprint density at radius 3 is 2.25 bits per heavy atom. The van der Waals surface area contributed by atoms with Crippen molar-refractivity contribution in [2.45, 2.75) is 78.0 Å². The largest absolute Gasteiger partial charge is 0.481 e. The Bertz CT molecular complexity index is 719. The van der Waals surface area contributed by atoms with E-state index in [1.807, 2.05) is 45.0 Å². The Morgan fingerprint density at radius 1 is 1.25 bits per heavy atom. The Hall–Kier alpha value is -2.08. The van der Waals surface area contributed by atoms with Crippen LogP contribution in [0.15, 0.2) is 24.3 Å². The van der Waals surface area contributed by atoms with Crippen molar-refractivity contribution in [3.63, 3.8) is 0 Å². The standard InChI is InChI=1S/C22H33NO5/c1-8-27-17-13-22(19(25)26,21(17,6)7)23-18(24)14(2)28-16-11-9-15(10-12-16)20(3,4)5/h9-12,14,17H,8,13H2,1-7H3,(H,23,24)(H,25,26). The monoisotopic (exact) mass is 391 g/mol. The molecule has 1 fully saturated rings. The zero-order chi connectivity index (χ0) is 21.3. The third kappa shape index (κ3) is 4.02. The predicted octanol–water partition coefficient (Wildman–Crippen LogP) is 3.53. The van der Waals surface area contributed by atoms with Crippen molar-refractivity contribution < 1.29 is 24.2 Å². The maximum absolute atomic E-state index is 12.7. The first-order valence-electron chi connectivity index (χ1n) is 9.79. The van der Waals surface area contributed by atoms with E-state index in [1.54, 1.807) is 6.92 Å². The van der Waals surface area contributed by atoms with Crippen LogP contribution in [0, 0.1) is 5.41 Å². The molecule has 1 saturated carbocycles. The SMILES string of the molecule is CCOC1CC(NC(=O)C(C)Oc2ccc(C(C)(C)C)cc2)(C(=O)O)C1(C)C. The quantitative estimate of drug-likeness (QED) is 0.743. The normalized spacial score (nSPS) is 24.8. The number of carboxylic acids is 1. The van der Waals surface area contributed by atoms with Gasteiger partial charge in [0.2, 0.25) is 0 Å². The molecule has 156 valence electrons. The van der Waals surface area contributed by atoms with Crippen molar-refractivity contribution in [1.29, 1.82) is 0 Å². The molecule has 1 aromatic rings. The third-order valence-corrected chi connectivity index (χ3v) is 5.87. The van der Waals surface area contributed by atoms with Gasteiger partial charge in [-0.25, -0.2) is 4.79 Å². The van der Waals surface area contributed by atoms with Gasteiger partial charge in [-0.15, -0.1) is 0 Å². The van der Waals surface area contributed by atoms with Crippen molar-refractivity contribution in [3.8, 4) is 5.75 Å². The molecule has 1 aromatic carbocycles. The van der Waals surface area contributed by atoms with E-state index >= 15 is 0 Å². The van der Waals surface area contributed by atoms with Crippen LogP contribution in [0.1, 0.15) is 60.5 Å². The highest BCUT2D eigenvalue weighted by Crippen LogP contribution is 2.51. The van der Waals surface area contributed by atoms with Crippen molar-refractivity contribution in [3.05, 3.63) is 29.8 Å². The lowest BCUT2D eigenvalue weighted by Crippen LogP contribution is -2.76.